The predicted molar refractivity (Wildman–Crippen MR) is 139 cm³/mol. The third-order valence-corrected chi connectivity index (χ3v) is 7.48. The van der Waals surface area contributed by atoms with Gasteiger partial charge in [0.25, 0.3) is 10.1 Å². The van der Waals surface area contributed by atoms with Crippen LogP contribution in [0.25, 0.3) is 0 Å². The SMILES string of the molecule is C=CCO[C@H]1[C@H](O)[C@@H](COS(=O)(=O)c2cccc(C(F)(F)F)c2)O[C@@H](Oc2ccc(I)cc2)[C@@H]1OC(=O)CC. The van der Waals surface area contributed by atoms with E-state index in [1.807, 2.05) is 0 Å². The fourth-order valence-electron chi connectivity index (χ4n) is 3.55. The molecule has 1 fully saturated rings. The van der Waals surface area contributed by atoms with Crippen LogP contribution in [-0.2, 0) is 39.5 Å². The van der Waals surface area contributed by atoms with Gasteiger partial charge in [-0.25, -0.2) is 0 Å². The van der Waals surface area contributed by atoms with Crippen LogP contribution in [-0.4, -0.2) is 63.4 Å². The second kappa shape index (κ2) is 13.4. The Kier molecular flexibility index (Phi) is 10.8. The van der Waals surface area contributed by atoms with Gasteiger partial charge < -0.3 is 24.1 Å². The summed E-state index contributed by atoms with van der Waals surface area (Å²) in [5.41, 5.74) is -1.18. The fraction of sp³-hybridized carbons (Fsp3) is 0.400. The van der Waals surface area contributed by atoms with Crippen LogP contribution in [0.1, 0.15) is 18.9 Å². The Balaban J connectivity index is 1.87. The number of carbonyl (C=O) groups excluding carboxylic acids is 1. The van der Waals surface area contributed by atoms with Gasteiger partial charge >= 0.3 is 12.1 Å². The smallest absolute Gasteiger partial charge is 0.416 e. The molecule has 1 heterocycles. The van der Waals surface area contributed by atoms with Gasteiger partial charge in [-0.2, -0.15) is 21.6 Å². The molecule has 0 saturated carbocycles. The molecule has 1 aliphatic rings. The average molecular weight is 686 g/mol. The highest BCUT2D eigenvalue weighted by atomic mass is 127. The third kappa shape index (κ3) is 8.38. The number of rotatable bonds is 11. The summed E-state index contributed by atoms with van der Waals surface area (Å²) in [7, 11) is -4.69. The minimum Gasteiger partial charge on any atom is -0.461 e. The molecule has 0 unspecified atom stereocenters. The normalized spacial score (nSPS) is 23.7. The Morgan fingerprint density at radius 3 is 2.49 bits per heavy atom. The second-order valence-electron chi connectivity index (χ2n) is 8.26. The van der Waals surface area contributed by atoms with Gasteiger partial charge in [-0.05, 0) is 65.1 Å². The monoisotopic (exact) mass is 686 g/mol. The summed E-state index contributed by atoms with van der Waals surface area (Å²) in [6, 6.07) is 9.77. The van der Waals surface area contributed by atoms with Crippen LogP contribution in [0.2, 0.25) is 0 Å². The molecule has 2 aromatic rings. The maximum absolute atomic E-state index is 13.1. The topological polar surface area (TPSA) is 118 Å². The van der Waals surface area contributed by atoms with E-state index in [0.29, 0.717) is 11.8 Å². The van der Waals surface area contributed by atoms with Crippen LogP contribution >= 0.6 is 22.6 Å². The van der Waals surface area contributed by atoms with E-state index in [1.165, 1.54) is 6.08 Å². The van der Waals surface area contributed by atoms with Crippen molar-refractivity contribution in [3.8, 4) is 5.75 Å². The number of ether oxygens (including phenoxy) is 4. The molecule has 214 valence electrons. The number of aliphatic hydroxyl groups is 1. The molecule has 0 radical (unpaired) electrons. The number of alkyl halides is 3. The molecule has 0 bridgehead atoms. The highest BCUT2D eigenvalue weighted by Gasteiger charge is 2.50. The number of benzene rings is 2. The minimum absolute atomic E-state index is 0.00119. The van der Waals surface area contributed by atoms with Gasteiger partial charge in [-0.1, -0.05) is 19.1 Å². The molecule has 0 aliphatic carbocycles. The summed E-state index contributed by atoms with van der Waals surface area (Å²) < 4.78 is 93.2. The van der Waals surface area contributed by atoms with Crippen molar-refractivity contribution in [3.63, 3.8) is 0 Å². The zero-order valence-electron chi connectivity index (χ0n) is 20.5. The van der Waals surface area contributed by atoms with E-state index >= 15 is 0 Å². The van der Waals surface area contributed by atoms with Crippen molar-refractivity contribution in [1.82, 2.24) is 0 Å². The number of carbonyl (C=O) groups is 1. The summed E-state index contributed by atoms with van der Waals surface area (Å²) in [6.07, 6.45) is -10.3. The van der Waals surface area contributed by atoms with E-state index < -0.39 is 70.0 Å². The Labute approximate surface area is 237 Å². The highest BCUT2D eigenvalue weighted by molar-refractivity contribution is 14.1. The van der Waals surface area contributed by atoms with Crippen LogP contribution in [0.15, 0.2) is 66.1 Å². The lowest BCUT2D eigenvalue weighted by atomic mass is 9.98. The summed E-state index contributed by atoms with van der Waals surface area (Å²) in [4.78, 5) is 11.4. The molecule has 14 heteroatoms. The molecule has 5 atom stereocenters. The van der Waals surface area contributed by atoms with Gasteiger partial charge in [0.05, 0.1) is 23.7 Å². The van der Waals surface area contributed by atoms with Gasteiger partial charge in [0.2, 0.25) is 6.29 Å². The molecular weight excluding hydrogens is 660 g/mol. The number of aliphatic hydroxyl groups excluding tert-OH is 1. The van der Waals surface area contributed by atoms with E-state index in [4.69, 9.17) is 23.1 Å². The fourth-order valence-corrected chi connectivity index (χ4v) is 4.88. The lowest BCUT2D eigenvalue weighted by molar-refractivity contribution is -0.287. The first kappa shape index (κ1) is 31.3. The molecule has 9 nitrogen and oxygen atoms in total. The first-order valence-electron chi connectivity index (χ1n) is 11.6. The zero-order valence-corrected chi connectivity index (χ0v) is 23.5. The van der Waals surface area contributed by atoms with E-state index in [0.717, 1.165) is 21.8 Å². The number of esters is 1. The predicted octanol–water partition coefficient (Wildman–Crippen LogP) is 4.07. The maximum atomic E-state index is 13.1. The molecule has 2 aromatic carbocycles. The van der Waals surface area contributed by atoms with Crippen molar-refractivity contribution in [1.29, 1.82) is 0 Å². The van der Waals surface area contributed by atoms with Crippen LogP contribution in [0, 0.1) is 3.57 Å². The molecule has 0 spiro atoms. The van der Waals surface area contributed by atoms with Crippen molar-refractivity contribution in [2.75, 3.05) is 13.2 Å². The van der Waals surface area contributed by atoms with Gasteiger partial charge in [0, 0.05) is 9.99 Å². The molecular formula is C25H26F3IO9S. The lowest BCUT2D eigenvalue weighted by Crippen LogP contribution is -2.62. The standard InChI is InChI=1S/C25H26F3IO9S/c1-3-12-34-22-21(31)19(14-35-39(32,33)18-7-5-6-15(13-18)25(26,27)28)37-24(23(22)38-20(30)4-2)36-17-10-8-16(29)9-11-17/h3,5-11,13,19,21-24,31H,1,4,12,14H2,2H3/t19-,21-,22+,23-,24-/m1/s1. The number of halogens is 4. The Bertz CT molecular complexity index is 1240. The van der Waals surface area contributed by atoms with E-state index in [9.17, 15) is 31.5 Å². The molecule has 1 N–H and O–H groups in total. The third-order valence-electron chi connectivity index (χ3n) is 5.48. The van der Waals surface area contributed by atoms with Crippen molar-refractivity contribution >= 4 is 38.7 Å². The Morgan fingerprint density at radius 2 is 1.87 bits per heavy atom. The van der Waals surface area contributed by atoms with Crippen LogP contribution < -0.4 is 4.74 Å². The van der Waals surface area contributed by atoms with Crippen LogP contribution in [0.5, 0.6) is 5.75 Å². The zero-order chi connectivity index (χ0) is 28.8. The van der Waals surface area contributed by atoms with Crippen molar-refractivity contribution in [2.45, 2.75) is 55.1 Å². The summed E-state index contributed by atoms with van der Waals surface area (Å²) in [6.45, 7) is 4.23. The maximum Gasteiger partial charge on any atom is 0.416 e. The minimum atomic E-state index is -4.77. The van der Waals surface area contributed by atoms with E-state index in [2.05, 4.69) is 29.2 Å². The molecule has 1 saturated heterocycles. The van der Waals surface area contributed by atoms with Crippen molar-refractivity contribution < 1.29 is 54.6 Å². The first-order chi connectivity index (χ1) is 18.4. The molecule has 3 rings (SSSR count). The Hall–Kier alpha value is -2.24. The van der Waals surface area contributed by atoms with E-state index in [-0.39, 0.29) is 13.0 Å². The molecule has 0 amide bonds. The van der Waals surface area contributed by atoms with Crippen LogP contribution in [0.4, 0.5) is 13.2 Å². The second-order valence-corrected chi connectivity index (χ2v) is 11.1. The number of hydrogen-bond acceptors (Lipinski definition) is 9. The summed E-state index contributed by atoms with van der Waals surface area (Å²) in [5.74, 6) is -0.325. The van der Waals surface area contributed by atoms with Crippen LogP contribution in [0.3, 0.4) is 0 Å². The van der Waals surface area contributed by atoms with Gasteiger partial charge in [-0.15, -0.1) is 6.58 Å². The average Bonchev–Trinajstić information content (AvgIpc) is 2.89. The largest absolute Gasteiger partial charge is 0.461 e. The molecule has 0 aromatic heterocycles. The van der Waals surface area contributed by atoms with Gasteiger partial charge in [0.15, 0.2) is 6.10 Å². The van der Waals surface area contributed by atoms with Crippen molar-refractivity contribution in [2.24, 2.45) is 0 Å². The lowest BCUT2D eigenvalue weighted by Gasteiger charge is -2.43. The van der Waals surface area contributed by atoms with E-state index in [1.54, 1.807) is 31.2 Å². The summed E-state index contributed by atoms with van der Waals surface area (Å²) >= 11 is 2.09. The van der Waals surface area contributed by atoms with Gasteiger partial charge in [-0.3, -0.25) is 8.98 Å². The van der Waals surface area contributed by atoms with Crippen molar-refractivity contribution in [3.05, 3.63) is 70.3 Å². The van der Waals surface area contributed by atoms with Gasteiger partial charge in [0.1, 0.15) is 24.1 Å². The quantitative estimate of drug-likeness (QED) is 0.162. The Morgan fingerprint density at radius 1 is 1.18 bits per heavy atom. The summed E-state index contributed by atoms with van der Waals surface area (Å²) in [5, 5.41) is 11.0. The number of hydrogen-bond donors (Lipinski definition) is 1. The molecule has 1 aliphatic heterocycles. The highest BCUT2D eigenvalue weighted by Crippen LogP contribution is 2.32. The molecule has 39 heavy (non-hydrogen) atoms. The first-order valence-corrected chi connectivity index (χ1v) is 14.1.